The summed E-state index contributed by atoms with van der Waals surface area (Å²) in [5.74, 6) is -0.260. The molecule has 1 aromatic rings. The Morgan fingerprint density at radius 1 is 1.21 bits per heavy atom. The topological polar surface area (TPSA) is 32.5 Å². The molecule has 2 heterocycles. The highest BCUT2D eigenvalue weighted by Crippen LogP contribution is 2.35. The molecule has 2 aliphatic heterocycles. The van der Waals surface area contributed by atoms with Gasteiger partial charge in [-0.05, 0) is 44.5 Å². The molecule has 0 aliphatic carbocycles. The minimum Gasteiger partial charge on any atom is -0.397 e. The second-order valence-electron chi connectivity index (χ2n) is 6.07. The molecule has 19 heavy (non-hydrogen) atoms. The lowest BCUT2D eigenvalue weighted by atomic mass is 9.86. The van der Waals surface area contributed by atoms with Crippen LogP contribution in [0.3, 0.4) is 0 Å². The average Bonchev–Trinajstić information content (AvgIpc) is 2.37. The predicted octanol–water partition coefficient (Wildman–Crippen LogP) is 2.47. The van der Waals surface area contributed by atoms with E-state index in [0.29, 0.717) is 5.69 Å². The van der Waals surface area contributed by atoms with Crippen molar-refractivity contribution in [2.24, 2.45) is 0 Å². The van der Waals surface area contributed by atoms with Gasteiger partial charge in [0.25, 0.3) is 0 Å². The predicted molar refractivity (Wildman–Crippen MR) is 76.9 cm³/mol. The largest absolute Gasteiger partial charge is 0.397 e. The van der Waals surface area contributed by atoms with Gasteiger partial charge in [-0.3, -0.25) is 4.90 Å². The average molecular weight is 263 g/mol. The summed E-state index contributed by atoms with van der Waals surface area (Å²) in [6.07, 6.45) is 3.86. The Morgan fingerprint density at radius 3 is 2.84 bits per heavy atom. The van der Waals surface area contributed by atoms with E-state index in [1.807, 2.05) is 6.07 Å². The summed E-state index contributed by atoms with van der Waals surface area (Å²) in [6.45, 7) is 6.60. The van der Waals surface area contributed by atoms with Crippen molar-refractivity contribution < 1.29 is 4.39 Å². The van der Waals surface area contributed by atoms with Gasteiger partial charge in [-0.2, -0.15) is 0 Å². The van der Waals surface area contributed by atoms with Gasteiger partial charge in [-0.15, -0.1) is 0 Å². The monoisotopic (exact) mass is 263 g/mol. The van der Waals surface area contributed by atoms with E-state index in [-0.39, 0.29) is 11.4 Å². The first-order valence-corrected chi connectivity index (χ1v) is 7.13. The third kappa shape index (κ3) is 2.29. The van der Waals surface area contributed by atoms with Gasteiger partial charge in [0.1, 0.15) is 5.82 Å². The van der Waals surface area contributed by atoms with Crippen molar-refractivity contribution in [2.75, 3.05) is 36.8 Å². The molecule has 1 atom stereocenters. The van der Waals surface area contributed by atoms with E-state index < -0.39 is 0 Å². The first-order chi connectivity index (χ1) is 9.08. The highest BCUT2D eigenvalue weighted by atomic mass is 19.1. The van der Waals surface area contributed by atoms with Gasteiger partial charge >= 0.3 is 0 Å². The number of hydrogen-bond acceptors (Lipinski definition) is 3. The Balaban J connectivity index is 1.83. The maximum Gasteiger partial charge on any atom is 0.125 e. The Morgan fingerprint density at radius 2 is 2.05 bits per heavy atom. The van der Waals surface area contributed by atoms with Crippen molar-refractivity contribution in [3.05, 3.63) is 24.0 Å². The van der Waals surface area contributed by atoms with Crippen molar-refractivity contribution >= 4 is 11.4 Å². The molecule has 2 aliphatic rings. The van der Waals surface area contributed by atoms with Crippen LogP contribution in [-0.4, -0.2) is 36.6 Å². The van der Waals surface area contributed by atoms with Gasteiger partial charge in [-0.25, -0.2) is 4.39 Å². The molecule has 3 nitrogen and oxygen atoms in total. The third-order valence-electron chi connectivity index (χ3n) is 4.66. The summed E-state index contributed by atoms with van der Waals surface area (Å²) < 4.78 is 13.2. The van der Waals surface area contributed by atoms with Gasteiger partial charge in [0.2, 0.25) is 0 Å². The van der Waals surface area contributed by atoms with Crippen LogP contribution < -0.4 is 10.6 Å². The molecule has 104 valence electrons. The zero-order chi connectivity index (χ0) is 13.5. The molecule has 1 aromatic carbocycles. The lowest BCUT2D eigenvalue weighted by molar-refractivity contribution is 0.0504. The molecule has 2 N–H and O–H groups in total. The van der Waals surface area contributed by atoms with Gasteiger partial charge in [0.15, 0.2) is 0 Å². The lowest BCUT2D eigenvalue weighted by Gasteiger charge is -2.52. The summed E-state index contributed by atoms with van der Waals surface area (Å²) in [5.41, 5.74) is 7.74. The maximum atomic E-state index is 13.2. The van der Waals surface area contributed by atoms with Crippen LogP contribution in [0, 0.1) is 5.82 Å². The molecular weight excluding hydrogens is 241 g/mol. The molecule has 2 saturated heterocycles. The number of hydrogen-bond donors (Lipinski definition) is 1. The Labute approximate surface area is 114 Å². The number of nitrogen functional groups attached to an aromatic ring is 1. The normalized spacial score (nSPS) is 28.2. The second-order valence-corrected chi connectivity index (χ2v) is 6.07. The Kier molecular flexibility index (Phi) is 3.13. The summed E-state index contributed by atoms with van der Waals surface area (Å²) in [6, 6.07) is 4.73. The smallest absolute Gasteiger partial charge is 0.125 e. The van der Waals surface area contributed by atoms with Crippen LogP contribution in [0.15, 0.2) is 18.2 Å². The quantitative estimate of drug-likeness (QED) is 0.790. The molecule has 0 radical (unpaired) electrons. The van der Waals surface area contributed by atoms with E-state index in [1.54, 1.807) is 0 Å². The van der Waals surface area contributed by atoms with Crippen LogP contribution in [0.25, 0.3) is 0 Å². The highest BCUT2D eigenvalue weighted by molar-refractivity contribution is 5.67. The molecule has 0 amide bonds. The van der Waals surface area contributed by atoms with Crippen LogP contribution >= 0.6 is 0 Å². The van der Waals surface area contributed by atoms with E-state index >= 15 is 0 Å². The minimum absolute atomic E-state index is 0.247. The molecule has 1 unspecified atom stereocenters. The molecule has 0 bridgehead atoms. The van der Waals surface area contributed by atoms with E-state index in [0.717, 1.165) is 25.3 Å². The number of nitrogens with zero attached hydrogens (tertiary/aromatic N) is 2. The number of anilines is 2. The van der Waals surface area contributed by atoms with E-state index in [9.17, 15) is 4.39 Å². The van der Waals surface area contributed by atoms with Crippen LogP contribution in [0.2, 0.25) is 0 Å². The van der Waals surface area contributed by atoms with Gasteiger partial charge in [0.05, 0.1) is 11.4 Å². The number of nitrogens with two attached hydrogens (primary N) is 1. The summed E-state index contributed by atoms with van der Waals surface area (Å²) in [5, 5.41) is 0. The molecule has 2 fully saturated rings. The molecule has 3 rings (SSSR count). The Bertz CT molecular complexity index is 476. The van der Waals surface area contributed by atoms with Crippen molar-refractivity contribution in [2.45, 2.75) is 31.7 Å². The maximum absolute atomic E-state index is 13.2. The first kappa shape index (κ1) is 12.7. The molecule has 0 spiro atoms. The zero-order valence-corrected chi connectivity index (χ0v) is 11.5. The van der Waals surface area contributed by atoms with Crippen molar-refractivity contribution in [1.82, 2.24) is 4.90 Å². The van der Waals surface area contributed by atoms with Crippen LogP contribution in [0.5, 0.6) is 0 Å². The number of halogens is 1. The Hall–Kier alpha value is -1.29. The summed E-state index contributed by atoms with van der Waals surface area (Å²) in [7, 11) is 0. The molecular formula is C15H22FN3. The van der Waals surface area contributed by atoms with Gasteiger partial charge in [-0.1, -0.05) is 6.42 Å². The lowest BCUT2D eigenvalue weighted by Crippen LogP contribution is -2.62. The van der Waals surface area contributed by atoms with E-state index in [1.165, 1.54) is 37.9 Å². The zero-order valence-electron chi connectivity index (χ0n) is 11.5. The summed E-state index contributed by atoms with van der Waals surface area (Å²) >= 11 is 0. The van der Waals surface area contributed by atoms with Crippen molar-refractivity contribution in [1.29, 1.82) is 0 Å². The highest BCUT2D eigenvalue weighted by Gasteiger charge is 2.39. The number of piperidine rings is 1. The SMILES string of the molecule is CC12CCCCN1CCN(c1ccc(F)cc1N)C2. The van der Waals surface area contributed by atoms with E-state index in [4.69, 9.17) is 5.73 Å². The fraction of sp³-hybridized carbons (Fsp3) is 0.600. The van der Waals surface area contributed by atoms with Gasteiger partial charge < -0.3 is 10.6 Å². The fourth-order valence-corrected chi connectivity index (χ4v) is 3.55. The van der Waals surface area contributed by atoms with Crippen LogP contribution in [0.1, 0.15) is 26.2 Å². The number of rotatable bonds is 1. The van der Waals surface area contributed by atoms with Crippen LogP contribution in [0.4, 0.5) is 15.8 Å². The standard InChI is InChI=1S/C15H22FN3/c1-15-6-2-3-7-19(15)9-8-18(11-15)14-5-4-12(16)10-13(14)17/h4-5,10H,2-3,6-9,11,17H2,1H3. The molecule has 0 saturated carbocycles. The summed E-state index contributed by atoms with van der Waals surface area (Å²) in [4.78, 5) is 4.92. The molecule has 4 heteroatoms. The van der Waals surface area contributed by atoms with E-state index in [2.05, 4.69) is 16.7 Å². The van der Waals surface area contributed by atoms with Crippen LogP contribution in [-0.2, 0) is 0 Å². The number of piperazine rings is 1. The number of benzene rings is 1. The third-order valence-corrected chi connectivity index (χ3v) is 4.66. The fourth-order valence-electron chi connectivity index (χ4n) is 3.55. The first-order valence-electron chi connectivity index (χ1n) is 7.13. The number of fused-ring (bicyclic) bond motifs is 1. The van der Waals surface area contributed by atoms with Crippen molar-refractivity contribution in [3.63, 3.8) is 0 Å². The minimum atomic E-state index is -0.260. The molecule has 0 aromatic heterocycles. The van der Waals surface area contributed by atoms with Gasteiger partial charge in [0, 0.05) is 25.2 Å². The second kappa shape index (κ2) is 4.67. The van der Waals surface area contributed by atoms with Crippen molar-refractivity contribution in [3.8, 4) is 0 Å².